The van der Waals surface area contributed by atoms with Crippen LogP contribution in [-0.2, 0) is 0 Å². The molecule has 0 atom stereocenters. The maximum Gasteiger partial charge on any atom is 0.248 e. The van der Waals surface area contributed by atoms with Gasteiger partial charge in [-0.3, -0.25) is 9.78 Å². The van der Waals surface area contributed by atoms with Crippen LogP contribution >= 0.6 is 0 Å². The van der Waals surface area contributed by atoms with Gasteiger partial charge in [0.1, 0.15) is 0 Å². The monoisotopic (exact) mass is 237 g/mol. The van der Waals surface area contributed by atoms with E-state index in [1.54, 1.807) is 18.3 Å². The molecule has 88 valence electrons. The molecule has 0 aliphatic rings. The molecule has 4 heteroatoms. The van der Waals surface area contributed by atoms with Crippen molar-refractivity contribution < 1.29 is 0 Å². The second-order valence-corrected chi connectivity index (χ2v) is 4.07. The summed E-state index contributed by atoms with van der Waals surface area (Å²) in [6, 6.07) is 12.6. The molecule has 2 aromatic heterocycles. The molecule has 0 unspecified atom stereocenters. The van der Waals surface area contributed by atoms with Gasteiger partial charge in [0, 0.05) is 28.9 Å². The van der Waals surface area contributed by atoms with Crippen molar-refractivity contribution in [3.63, 3.8) is 0 Å². The van der Waals surface area contributed by atoms with Gasteiger partial charge >= 0.3 is 0 Å². The Morgan fingerprint density at radius 1 is 1.00 bits per heavy atom. The van der Waals surface area contributed by atoms with Gasteiger partial charge in [-0.2, -0.15) is 0 Å². The van der Waals surface area contributed by atoms with Crippen LogP contribution in [0.1, 0.15) is 0 Å². The SMILES string of the molecule is Nc1ccc(-c2nccc3[nH]c(=O)ccc23)cc1. The van der Waals surface area contributed by atoms with Gasteiger partial charge in [-0.25, -0.2) is 0 Å². The number of rotatable bonds is 1. The van der Waals surface area contributed by atoms with Crippen LogP contribution in [0.25, 0.3) is 22.2 Å². The zero-order chi connectivity index (χ0) is 12.5. The van der Waals surface area contributed by atoms with Gasteiger partial charge in [-0.05, 0) is 24.3 Å². The molecule has 4 nitrogen and oxygen atoms in total. The van der Waals surface area contributed by atoms with E-state index in [0.717, 1.165) is 22.2 Å². The molecule has 0 bridgehead atoms. The van der Waals surface area contributed by atoms with E-state index in [1.165, 1.54) is 6.07 Å². The van der Waals surface area contributed by atoms with Gasteiger partial charge in [-0.15, -0.1) is 0 Å². The minimum Gasteiger partial charge on any atom is -0.399 e. The van der Waals surface area contributed by atoms with Crippen molar-refractivity contribution in [3.05, 3.63) is 59.0 Å². The standard InChI is InChI=1S/C14H11N3O/c15-10-3-1-9(2-4-10)14-11-5-6-13(18)17-12(11)7-8-16-14/h1-8H,15H2,(H,17,18). The number of hydrogen-bond donors (Lipinski definition) is 2. The summed E-state index contributed by atoms with van der Waals surface area (Å²) in [5.41, 5.74) is 8.86. The molecule has 2 heterocycles. The van der Waals surface area contributed by atoms with Crippen molar-refractivity contribution in [2.24, 2.45) is 0 Å². The predicted molar refractivity (Wildman–Crippen MR) is 72.2 cm³/mol. The normalized spacial score (nSPS) is 10.7. The molecule has 0 amide bonds. The Morgan fingerprint density at radius 2 is 1.78 bits per heavy atom. The lowest BCUT2D eigenvalue weighted by Crippen LogP contribution is -2.03. The number of H-pyrrole nitrogens is 1. The third-order valence-corrected chi connectivity index (χ3v) is 2.83. The lowest BCUT2D eigenvalue weighted by molar-refractivity contribution is 1.28. The van der Waals surface area contributed by atoms with Crippen molar-refractivity contribution in [3.8, 4) is 11.3 Å². The minimum absolute atomic E-state index is 0.114. The number of pyridine rings is 2. The number of fused-ring (bicyclic) bond motifs is 1. The summed E-state index contributed by atoms with van der Waals surface area (Å²) in [4.78, 5) is 18.4. The number of benzene rings is 1. The third kappa shape index (κ3) is 1.73. The first-order valence-electron chi connectivity index (χ1n) is 5.58. The first kappa shape index (κ1) is 10.5. The Hall–Kier alpha value is -2.62. The molecule has 0 saturated carbocycles. The number of nitrogens with one attached hydrogen (secondary N) is 1. The summed E-state index contributed by atoms with van der Waals surface area (Å²) in [6.45, 7) is 0. The Bertz CT molecular complexity index is 760. The summed E-state index contributed by atoms with van der Waals surface area (Å²) in [5.74, 6) is 0. The maximum absolute atomic E-state index is 11.3. The van der Waals surface area contributed by atoms with Crippen LogP contribution in [-0.4, -0.2) is 9.97 Å². The highest BCUT2D eigenvalue weighted by atomic mass is 16.1. The zero-order valence-electron chi connectivity index (χ0n) is 9.55. The van der Waals surface area contributed by atoms with E-state index in [9.17, 15) is 4.79 Å². The second kappa shape index (κ2) is 4.00. The van der Waals surface area contributed by atoms with Crippen molar-refractivity contribution in [2.75, 3.05) is 5.73 Å². The van der Waals surface area contributed by atoms with Crippen LogP contribution in [0.15, 0.2) is 53.5 Å². The summed E-state index contributed by atoms with van der Waals surface area (Å²) in [7, 11) is 0. The van der Waals surface area contributed by atoms with Crippen LogP contribution in [0, 0.1) is 0 Å². The fourth-order valence-electron chi connectivity index (χ4n) is 1.96. The van der Waals surface area contributed by atoms with Gasteiger partial charge in [0.2, 0.25) is 5.56 Å². The molecular formula is C14H11N3O. The number of nitrogen functional groups attached to an aromatic ring is 1. The molecule has 18 heavy (non-hydrogen) atoms. The first-order valence-corrected chi connectivity index (χ1v) is 5.58. The minimum atomic E-state index is -0.114. The van der Waals surface area contributed by atoms with Crippen molar-refractivity contribution in [2.45, 2.75) is 0 Å². The molecule has 0 fully saturated rings. The Morgan fingerprint density at radius 3 is 2.56 bits per heavy atom. The highest BCUT2D eigenvalue weighted by Gasteiger charge is 2.05. The van der Waals surface area contributed by atoms with E-state index in [1.807, 2.05) is 24.3 Å². The number of aromatic amines is 1. The Balaban J connectivity index is 2.29. The lowest BCUT2D eigenvalue weighted by atomic mass is 10.1. The van der Waals surface area contributed by atoms with E-state index in [2.05, 4.69) is 9.97 Å². The lowest BCUT2D eigenvalue weighted by Gasteiger charge is -2.05. The molecule has 3 aromatic rings. The summed E-state index contributed by atoms with van der Waals surface area (Å²) >= 11 is 0. The number of aromatic nitrogens is 2. The Labute approximate surface area is 103 Å². The molecule has 1 aromatic carbocycles. The van der Waals surface area contributed by atoms with Gasteiger partial charge in [-0.1, -0.05) is 12.1 Å². The average molecular weight is 237 g/mol. The summed E-state index contributed by atoms with van der Waals surface area (Å²) in [5, 5.41) is 0.918. The van der Waals surface area contributed by atoms with Crippen molar-refractivity contribution >= 4 is 16.6 Å². The van der Waals surface area contributed by atoms with E-state index >= 15 is 0 Å². The van der Waals surface area contributed by atoms with Crippen LogP contribution < -0.4 is 11.3 Å². The van der Waals surface area contributed by atoms with Gasteiger partial charge in [0.15, 0.2) is 0 Å². The zero-order valence-corrected chi connectivity index (χ0v) is 9.55. The number of nitrogens with two attached hydrogens (primary N) is 1. The average Bonchev–Trinajstić information content (AvgIpc) is 2.38. The summed E-state index contributed by atoms with van der Waals surface area (Å²) < 4.78 is 0. The maximum atomic E-state index is 11.3. The highest BCUT2D eigenvalue weighted by molar-refractivity contribution is 5.92. The Kier molecular flexibility index (Phi) is 2.34. The highest BCUT2D eigenvalue weighted by Crippen LogP contribution is 2.25. The number of anilines is 1. The molecule has 0 aliphatic heterocycles. The van der Waals surface area contributed by atoms with Gasteiger partial charge in [0.05, 0.1) is 11.2 Å². The van der Waals surface area contributed by atoms with Crippen molar-refractivity contribution in [1.29, 1.82) is 0 Å². The number of nitrogens with zero attached hydrogens (tertiary/aromatic N) is 1. The van der Waals surface area contributed by atoms with E-state index < -0.39 is 0 Å². The smallest absolute Gasteiger partial charge is 0.248 e. The third-order valence-electron chi connectivity index (χ3n) is 2.83. The van der Waals surface area contributed by atoms with Crippen LogP contribution in [0.2, 0.25) is 0 Å². The van der Waals surface area contributed by atoms with Gasteiger partial charge in [0.25, 0.3) is 0 Å². The largest absolute Gasteiger partial charge is 0.399 e. The number of hydrogen-bond acceptors (Lipinski definition) is 3. The molecular weight excluding hydrogens is 226 g/mol. The van der Waals surface area contributed by atoms with Crippen LogP contribution in [0.3, 0.4) is 0 Å². The fourth-order valence-corrected chi connectivity index (χ4v) is 1.96. The van der Waals surface area contributed by atoms with Gasteiger partial charge < -0.3 is 10.7 Å². The first-order chi connectivity index (χ1) is 8.74. The summed E-state index contributed by atoms with van der Waals surface area (Å²) in [6.07, 6.45) is 1.68. The quantitative estimate of drug-likeness (QED) is 0.637. The topological polar surface area (TPSA) is 71.8 Å². The fraction of sp³-hybridized carbons (Fsp3) is 0. The van der Waals surface area contributed by atoms with Crippen molar-refractivity contribution in [1.82, 2.24) is 9.97 Å². The van der Waals surface area contributed by atoms with E-state index in [4.69, 9.17) is 5.73 Å². The molecule has 3 N–H and O–H groups in total. The molecule has 3 rings (SSSR count). The molecule has 0 saturated heterocycles. The van der Waals surface area contributed by atoms with E-state index in [-0.39, 0.29) is 5.56 Å². The molecule has 0 radical (unpaired) electrons. The van der Waals surface area contributed by atoms with Crippen LogP contribution in [0.5, 0.6) is 0 Å². The predicted octanol–water partition coefficient (Wildman–Crippen LogP) is 2.17. The molecule has 0 aliphatic carbocycles. The van der Waals surface area contributed by atoms with E-state index in [0.29, 0.717) is 5.69 Å². The van der Waals surface area contributed by atoms with Crippen LogP contribution in [0.4, 0.5) is 5.69 Å². The second-order valence-electron chi connectivity index (χ2n) is 4.07. The molecule has 0 spiro atoms.